The average molecular weight is 392 g/mol. The predicted molar refractivity (Wildman–Crippen MR) is 112 cm³/mol. The molecule has 2 aromatic carbocycles. The molecule has 1 aliphatic rings. The summed E-state index contributed by atoms with van der Waals surface area (Å²) in [5.74, 6) is 0.364. The van der Waals surface area contributed by atoms with Crippen LogP contribution in [0.3, 0.4) is 0 Å². The van der Waals surface area contributed by atoms with Crippen LogP contribution in [-0.4, -0.2) is 28.5 Å². The molecule has 0 amide bonds. The van der Waals surface area contributed by atoms with Gasteiger partial charge in [0, 0.05) is 35.5 Å². The van der Waals surface area contributed by atoms with Crippen molar-refractivity contribution >= 4 is 33.0 Å². The van der Waals surface area contributed by atoms with Gasteiger partial charge >= 0.3 is 0 Å². The summed E-state index contributed by atoms with van der Waals surface area (Å²) < 4.78 is 2.10. The van der Waals surface area contributed by atoms with E-state index in [2.05, 4.69) is 58.3 Å². The van der Waals surface area contributed by atoms with E-state index >= 15 is 0 Å². The molecule has 0 spiro atoms. The van der Waals surface area contributed by atoms with Crippen molar-refractivity contribution in [2.75, 3.05) is 13.6 Å². The van der Waals surface area contributed by atoms with Gasteiger partial charge in [-0.2, -0.15) is 0 Å². The SMILES string of the molecule is CN1Cc2cc(-c3ccncn3)ccc2C(c2ccc3cc(Cl)sc3c2)C1. The number of fused-ring (bicyclic) bond motifs is 2. The standard InChI is InChI=1S/C22H18ClN3S/c1-26-11-17-8-15(20-6-7-24-13-25-20)4-5-18(17)19(12-26)14-2-3-16-10-22(23)27-21(16)9-14/h2-10,13,19H,11-12H2,1H3. The fourth-order valence-corrected chi connectivity index (χ4v) is 5.19. The number of likely N-dealkylation sites (N-methyl/N-ethyl adjacent to an activating group) is 1. The quantitative estimate of drug-likeness (QED) is 0.446. The molecular formula is C22H18ClN3S. The van der Waals surface area contributed by atoms with Crippen LogP contribution in [0.25, 0.3) is 21.3 Å². The van der Waals surface area contributed by atoms with Crippen molar-refractivity contribution in [2.24, 2.45) is 0 Å². The first-order valence-electron chi connectivity index (χ1n) is 8.94. The Kier molecular flexibility index (Phi) is 4.20. The lowest BCUT2D eigenvalue weighted by Crippen LogP contribution is -2.31. The molecule has 0 bridgehead atoms. The van der Waals surface area contributed by atoms with Crippen molar-refractivity contribution in [3.05, 3.63) is 82.1 Å². The summed E-state index contributed by atoms with van der Waals surface area (Å²) in [4.78, 5) is 10.8. The van der Waals surface area contributed by atoms with E-state index in [1.54, 1.807) is 23.9 Å². The normalized spacial score (nSPS) is 17.2. The zero-order valence-electron chi connectivity index (χ0n) is 14.9. The number of nitrogens with zero attached hydrogens (tertiary/aromatic N) is 3. The van der Waals surface area contributed by atoms with Gasteiger partial charge in [-0.3, -0.25) is 0 Å². The second kappa shape index (κ2) is 6.71. The predicted octanol–water partition coefficient (Wildman–Crippen LogP) is 5.59. The van der Waals surface area contributed by atoms with Gasteiger partial charge in [-0.15, -0.1) is 11.3 Å². The molecule has 0 fully saturated rings. The minimum atomic E-state index is 0.364. The highest BCUT2D eigenvalue weighted by Gasteiger charge is 2.25. The van der Waals surface area contributed by atoms with Crippen molar-refractivity contribution in [2.45, 2.75) is 12.5 Å². The zero-order chi connectivity index (χ0) is 18.4. The molecule has 0 radical (unpaired) electrons. The zero-order valence-corrected chi connectivity index (χ0v) is 16.5. The van der Waals surface area contributed by atoms with Crippen LogP contribution in [0.2, 0.25) is 4.34 Å². The van der Waals surface area contributed by atoms with E-state index < -0.39 is 0 Å². The third kappa shape index (κ3) is 3.14. The lowest BCUT2D eigenvalue weighted by atomic mass is 9.83. The molecule has 134 valence electrons. The van der Waals surface area contributed by atoms with Crippen LogP contribution in [-0.2, 0) is 6.54 Å². The Bertz CT molecular complexity index is 1120. The van der Waals surface area contributed by atoms with Gasteiger partial charge in [0.05, 0.1) is 10.0 Å². The smallest absolute Gasteiger partial charge is 0.116 e. The molecule has 0 aliphatic carbocycles. The summed E-state index contributed by atoms with van der Waals surface area (Å²) in [5, 5.41) is 1.22. The molecule has 27 heavy (non-hydrogen) atoms. The van der Waals surface area contributed by atoms with Crippen molar-refractivity contribution in [3.8, 4) is 11.3 Å². The van der Waals surface area contributed by atoms with E-state index in [-0.39, 0.29) is 0 Å². The van der Waals surface area contributed by atoms with Gasteiger partial charge < -0.3 is 4.90 Å². The highest BCUT2D eigenvalue weighted by molar-refractivity contribution is 7.22. The average Bonchev–Trinajstić information content (AvgIpc) is 3.06. The van der Waals surface area contributed by atoms with Crippen LogP contribution in [0, 0.1) is 0 Å². The topological polar surface area (TPSA) is 29.0 Å². The first-order chi connectivity index (χ1) is 13.2. The van der Waals surface area contributed by atoms with E-state index in [1.807, 2.05) is 12.1 Å². The van der Waals surface area contributed by atoms with E-state index in [4.69, 9.17) is 11.6 Å². The Balaban J connectivity index is 1.59. The summed E-state index contributed by atoms with van der Waals surface area (Å²) >= 11 is 7.85. The maximum absolute atomic E-state index is 6.20. The molecule has 4 aromatic rings. The monoisotopic (exact) mass is 391 g/mol. The number of rotatable bonds is 2. The minimum Gasteiger partial charge on any atom is -0.301 e. The number of hydrogen-bond acceptors (Lipinski definition) is 4. The molecule has 1 aliphatic heterocycles. The molecular weight excluding hydrogens is 374 g/mol. The minimum absolute atomic E-state index is 0.364. The number of hydrogen-bond donors (Lipinski definition) is 0. The largest absolute Gasteiger partial charge is 0.301 e. The Morgan fingerprint density at radius 3 is 2.89 bits per heavy atom. The second-order valence-corrected chi connectivity index (χ2v) is 8.82. The van der Waals surface area contributed by atoms with Crippen LogP contribution in [0.15, 0.2) is 61.1 Å². The Morgan fingerprint density at radius 1 is 1.11 bits per heavy atom. The fourth-order valence-electron chi connectivity index (χ4n) is 3.99. The second-order valence-electron chi connectivity index (χ2n) is 7.11. The van der Waals surface area contributed by atoms with E-state index in [0.29, 0.717) is 5.92 Å². The van der Waals surface area contributed by atoms with E-state index in [0.717, 1.165) is 28.7 Å². The number of aromatic nitrogens is 2. The molecule has 0 saturated heterocycles. The van der Waals surface area contributed by atoms with Gasteiger partial charge in [-0.1, -0.05) is 35.9 Å². The van der Waals surface area contributed by atoms with Gasteiger partial charge in [0.25, 0.3) is 0 Å². The number of thiophene rings is 1. The molecule has 3 nitrogen and oxygen atoms in total. The van der Waals surface area contributed by atoms with Crippen LogP contribution in [0.1, 0.15) is 22.6 Å². The van der Waals surface area contributed by atoms with Crippen LogP contribution in [0.5, 0.6) is 0 Å². The van der Waals surface area contributed by atoms with E-state index in [1.165, 1.54) is 26.8 Å². The lowest BCUT2D eigenvalue weighted by molar-refractivity contribution is 0.295. The Morgan fingerprint density at radius 2 is 2.04 bits per heavy atom. The van der Waals surface area contributed by atoms with Gasteiger partial charge in [-0.05, 0) is 53.4 Å². The van der Waals surface area contributed by atoms with Crippen LogP contribution < -0.4 is 0 Å². The molecule has 1 atom stereocenters. The van der Waals surface area contributed by atoms with Crippen molar-refractivity contribution in [1.29, 1.82) is 0 Å². The molecule has 3 heterocycles. The van der Waals surface area contributed by atoms with Gasteiger partial charge in [-0.25, -0.2) is 9.97 Å². The van der Waals surface area contributed by atoms with Crippen molar-refractivity contribution < 1.29 is 0 Å². The van der Waals surface area contributed by atoms with Crippen LogP contribution in [0.4, 0.5) is 0 Å². The molecule has 1 unspecified atom stereocenters. The van der Waals surface area contributed by atoms with Gasteiger partial charge in [0.2, 0.25) is 0 Å². The van der Waals surface area contributed by atoms with Gasteiger partial charge in [0.1, 0.15) is 6.33 Å². The molecule has 2 aromatic heterocycles. The maximum Gasteiger partial charge on any atom is 0.116 e. The summed E-state index contributed by atoms with van der Waals surface area (Å²) in [6, 6.07) is 17.5. The first kappa shape index (κ1) is 16.9. The van der Waals surface area contributed by atoms with Gasteiger partial charge in [0.15, 0.2) is 0 Å². The third-order valence-electron chi connectivity index (χ3n) is 5.25. The van der Waals surface area contributed by atoms with Crippen molar-refractivity contribution in [3.63, 3.8) is 0 Å². The Labute approximate surface area is 167 Å². The molecule has 0 N–H and O–H groups in total. The highest BCUT2D eigenvalue weighted by atomic mass is 35.5. The molecule has 5 rings (SSSR count). The van der Waals surface area contributed by atoms with Crippen molar-refractivity contribution in [1.82, 2.24) is 14.9 Å². The summed E-state index contributed by atoms with van der Waals surface area (Å²) in [6.45, 7) is 1.97. The lowest BCUT2D eigenvalue weighted by Gasteiger charge is -2.33. The summed E-state index contributed by atoms with van der Waals surface area (Å²) in [6.07, 6.45) is 3.39. The maximum atomic E-state index is 6.20. The number of benzene rings is 2. The van der Waals surface area contributed by atoms with E-state index in [9.17, 15) is 0 Å². The third-order valence-corrected chi connectivity index (χ3v) is 6.47. The molecule has 0 saturated carbocycles. The molecule has 5 heteroatoms. The highest BCUT2D eigenvalue weighted by Crippen LogP contribution is 2.38. The summed E-state index contributed by atoms with van der Waals surface area (Å²) in [7, 11) is 2.19. The summed E-state index contributed by atoms with van der Waals surface area (Å²) in [5.41, 5.74) is 6.24. The Hall–Kier alpha value is -2.27. The van der Waals surface area contributed by atoms with Crippen LogP contribution >= 0.6 is 22.9 Å². The number of halogens is 1. The first-order valence-corrected chi connectivity index (χ1v) is 10.1. The fraction of sp³-hybridized carbons (Fsp3) is 0.182.